The summed E-state index contributed by atoms with van der Waals surface area (Å²) in [6.45, 7) is 6.51. The molecule has 8 aromatic carbocycles. The number of hydrogen-bond donors (Lipinski definition) is 0. The van der Waals surface area contributed by atoms with Gasteiger partial charge in [0.2, 0.25) is 0 Å². The van der Waals surface area contributed by atoms with Gasteiger partial charge < -0.3 is 4.90 Å². The van der Waals surface area contributed by atoms with Gasteiger partial charge >= 0.3 is 0 Å². The molecule has 0 atom stereocenters. The van der Waals surface area contributed by atoms with E-state index in [4.69, 9.17) is 9.97 Å². The number of aromatic nitrogens is 3. The van der Waals surface area contributed by atoms with Crippen molar-refractivity contribution >= 4 is 73.2 Å². The van der Waals surface area contributed by atoms with Gasteiger partial charge in [0.15, 0.2) is 0 Å². The Morgan fingerprint density at radius 3 is 1.57 bits per heavy atom. The first-order valence-electron chi connectivity index (χ1n) is 20.0. The fourth-order valence-corrected chi connectivity index (χ4v) is 10.9. The second-order valence-corrected chi connectivity index (χ2v) is 17.9. The Bertz CT molecular complexity index is 3050. The molecular formula is C53H40N4S3. The standard InChI is InChI=1S/C39H26N4S2.C14H14S/c1-25-33-35(42(28-19-9-4-10-20-28)38(40-33)26-15-5-2-6-16-26)36(34-37(25)45-39(41-34)27-17-7-3-8-18-27)43-29-21-11-13-23-31(29)44-32-24-14-12-22-30(32)43;1-11-7-3-5-9-13(11)15-14-10-6-4-8-12(14)2/h2-24H,1H3;3-10H,1-2H3. The molecule has 11 rings (SSSR count). The minimum Gasteiger partial charge on any atom is -0.304 e. The molecule has 10 aromatic rings. The van der Waals surface area contributed by atoms with Gasteiger partial charge in [0.05, 0.1) is 21.6 Å². The number of nitrogens with zero attached hydrogens (tertiary/aromatic N) is 4. The summed E-state index contributed by atoms with van der Waals surface area (Å²) in [5.74, 6) is 0.912. The van der Waals surface area contributed by atoms with E-state index in [2.05, 4.69) is 218 Å². The van der Waals surface area contributed by atoms with Crippen LogP contribution in [0.5, 0.6) is 0 Å². The van der Waals surface area contributed by atoms with Crippen molar-refractivity contribution in [1.82, 2.24) is 14.5 Å². The molecule has 0 unspecified atom stereocenters. The quantitative estimate of drug-likeness (QED) is 0.167. The predicted molar refractivity (Wildman–Crippen MR) is 255 cm³/mol. The number of rotatable bonds is 6. The van der Waals surface area contributed by atoms with Crippen LogP contribution in [0.15, 0.2) is 208 Å². The smallest absolute Gasteiger partial charge is 0.145 e. The molecule has 3 heterocycles. The van der Waals surface area contributed by atoms with Crippen LogP contribution in [0.3, 0.4) is 0 Å². The Labute approximate surface area is 363 Å². The Morgan fingerprint density at radius 2 is 0.983 bits per heavy atom. The molecule has 60 heavy (non-hydrogen) atoms. The van der Waals surface area contributed by atoms with Crippen LogP contribution in [-0.4, -0.2) is 14.5 Å². The molecule has 1 aliphatic heterocycles. The number of hydrogen-bond acceptors (Lipinski definition) is 6. The predicted octanol–water partition coefficient (Wildman–Crippen LogP) is 15.7. The summed E-state index contributed by atoms with van der Waals surface area (Å²) >= 11 is 5.41. The van der Waals surface area contributed by atoms with Gasteiger partial charge in [-0.1, -0.05) is 163 Å². The van der Waals surface area contributed by atoms with Crippen molar-refractivity contribution in [2.75, 3.05) is 4.90 Å². The second kappa shape index (κ2) is 16.3. The number of thiazole rings is 1. The summed E-state index contributed by atoms with van der Waals surface area (Å²) in [4.78, 5) is 18.5. The summed E-state index contributed by atoms with van der Waals surface area (Å²) in [6, 6.07) is 66.0. The van der Waals surface area contributed by atoms with Crippen molar-refractivity contribution in [3.05, 3.63) is 205 Å². The van der Waals surface area contributed by atoms with Crippen LogP contribution < -0.4 is 4.90 Å². The largest absolute Gasteiger partial charge is 0.304 e. The molecule has 7 heteroatoms. The number of benzene rings is 8. The van der Waals surface area contributed by atoms with Gasteiger partial charge in [0, 0.05) is 36.4 Å². The summed E-state index contributed by atoms with van der Waals surface area (Å²) in [7, 11) is 0. The second-order valence-electron chi connectivity index (χ2n) is 14.7. The Kier molecular flexibility index (Phi) is 10.3. The van der Waals surface area contributed by atoms with Crippen LogP contribution in [-0.2, 0) is 0 Å². The first-order valence-corrected chi connectivity index (χ1v) is 22.5. The van der Waals surface area contributed by atoms with E-state index in [1.54, 1.807) is 11.3 Å². The molecule has 0 saturated heterocycles. The maximum Gasteiger partial charge on any atom is 0.145 e. The number of para-hydroxylation sites is 3. The number of anilines is 3. The van der Waals surface area contributed by atoms with Crippen LogP contribution >= 0.6 is 34.9 Å². The van der Waals surface area contributed by atoms with Crippen molar-refractivity contribution in [2.24, 2.45) is 0 Å². The van der Waals surface area contributed by atoms with Gasteiger partial charge in [-0.3, -0.25) is 4.57 Å². The van der Waals surface area contributed by atoms with Crippen LogP contribution in [0, 0.1) is 20.8 Å². The van der Waals surface area contributed by atoms with Crippen molar-refractivity contribution in [2.45, 2.75) is 40.4 Å². The lowest BCUT2D eigenvalue weighted by Gasteiger charge is -2.33. The first-order chi connectivity index (χ1) is 29.5. The SMILES string of the molecule is Cc1c2nc(-c3ccccc3)n(-c3ccccc3)c2c(N2c3ccccc3Sc3ccccc32)c2nc(-c3ccccc3)sc12.Cc1ccccc1Sc1ccccc1C. The molecule has 0 bridgehead atoms. The normalized spacial score (nSPS) is 11.9. The van der Waals surface area contributed by atoms with Crippen LogP contribution in [0.1, 0.15) is 16.7 Å². The number of imidazole rings is 1. The molecule has 0 aliphatic carbocycles. The zero-order valence-corrected chi connectivity index (χ0v) is 35.9. The van der Waals surface area contributed by atoms with E-state index in [1.807, 2.05) is 23.5 Å². The van der Waals surface area contributed by atoms with E-state index in [1.165, 1.54) is 30.7 Å². The van der Waals surface area contributed by atoms with Crippen molar-refractivity contribution in [3.8, 4) is 27.6 Å². The van der Waals surface area contributed by atoms with Crippen molar-refractivity contribution in [3.63, 3.8) is 0 Å². The zero-order chi connectivity index (χ0) is 40.6. The summed E-state index contributed by atoms with van der Waals surface area (Å²) < 4.78 is 3.49. The van der Waals surface area contributed by atoms with Crippen LogP contribution in [0.25, 0.3) is 48.9 Å². The maximum absolute atomic E-state index is 5.47. The molecule has 4 nitrogen and oxygen atoms in total. The molecule has 2 aromatic heterocycles. The minimum atomic E-state index is 0.912. The number of aryl methyl sites for hydroxylation is 3. The molecule has 0 radical (unpaired) electrons. The average molecular weight is 829 g/mol. The van der Waals surface area contributed by atoms with E-state index in [-0.39, 0.29) is 0 Å². The van der Waals surface area contributed by atoms with Gasteiger partial charge in [-0.05, 0) is 86.0 Å². The lowest BCUT2D eigenvalue weighted by atomic mass is 10.1. The highest BCUT2D eigenvalue weighted by Crippen LogP contribution is 2.55. The fraction of sp³-hybridized carbons (Fsp3) is 0.0566. The van der Waals surface area contributed by atoms with E-state index in [0.29, 0.717) is 0 Å². The first kappa shape index (κ1) is 37.9. The summed E-state index contributed by atoms with van der Waals surface area (Å²) in [6.07, 6.45) is 0. The molecular weight excluding hydrogens is 789 g/mol. The van der Waals surface area contributed by atoms with Crippen molar-refractivity contribution in [1.29, 1.82) is 0 Å². The Morgan fingerprint density at radius 1 is 0.483 bits per heavy atom. The van der Waals surface area contributed by atoms with E-state index < -0.39 is 0 Å². The van der Waals surface area contributed by atoms with E-state index in [9.17, 15) is 0 Å². The zero-order valence-electron chi connectivity index (χ0n) is 33.4. The Hall–Kier alpha value is -6.38. The average Bonchev–Trinajstić information content (AvgIpc) is 3.93. The summed E-state index contributed by atoms with van der Waals surface area (Å²) in [5.41, 5.74) is 13.4. The molecule has 0 amide bonds. The monoisotopic (exact) mass is 828 g/mol. The van der Waals surface area contributed by atoms with Gasteiger partial charge in [-0.25, -0.2) is 9.97 Å². The third-order valence-electron chi connectivity index (χ3n) is 10.8. The highest BCUT2D eigenvalue weighted by Gasteiger charge is 2.32. The topological polar surface area (TPSA) is 34.0 Å². The highest BCUT2D eigenvalue weighted by atomic mass is 32.2. The van der Waals surface area contributed by atoms with Gasteiger partial charge in [-0.15, -0.1) is 11.3 Å². The molecule has 0 N–H and O–H groups in total. The lowest BCUT2D eigenvalue weighted by Crippen LogP contribution is -2.16. The van der Waals surface area contributed by atoms with E-state index >= 15 is 0 Å². The van der Waals surface area contributed by atoms with E-state index in [0.717, 1.165) is 71.5 Å². The fourth-order valence-electron chi connectivity index (χ4n) is 7.79. The molecule has 290 valence electrons. The summed E-state index contributed by atoms with van der Waals surface area (Å²) in [5, 5.41) is 1.00. The van der Waals surface area contributed by atoms with Gasteiger partial charge in [0.1, 0.15) is 27.6 Å². The van der Waals surface area contributed by atoms with Gasteiger partial charge in [0.25, 0.3) is 0 Å². The minimum absolute atomic E-state index is 0.912. The molecule has 0 fully saturated rings. The third-order valence-corrected chi connectivity index (χ3v) is 14.5. The molecule has 0 spiro atoms. The van der Waals surface area contributed by atoms with Crippen LogP contribution in [0.4, 0.5) is 17.1 Å². The number of fused-ring (bicyclic) bond motifs is 4. The van der Waals surface area contributed by atoms with Crippen molar-refractivity contribution < 1.29 is 0 Å². The Balaban J connectivity index is 0.000000244. The highest BCUT2D eigenvalue weighted by molar-refractivity contribution is 8.00. The molecule has 0 saturated carbocycles. The molecule has 1 aliphatic rings. The van der Waals surface area contributed by atoms with Gasteiger partial charge in [-0.2, -0.15) is 0 Å². The third kappa shape index (κ3) is 6.98. The van der Waals surface area contributed by atoms with Crippen LogP contribution in [0.2, 0.25) is 0 Å². The lowest BCUT2D eigenvalue weighted by molar-refractivity contribution is 1.09. The maximum atomic E-state index is 5.47.